The molecule has 1 aliphatic rings. The molecule has 1 N–H and O–H groups in total. The lowest BCUT2D eigenvalue weighted by molar-refractivity contribution is -0.140. The maximum Gasteiger partial charge on any atom is 0.295 e. The highest BCUT2D eigenvalue weighted by Crippen LogP contribution is 2.42. The molecule has 0 bridgehead atoms. The number of amides is 1. The first-order valence-corrected chi connectivity index (χ1v) is 10.8. The van der Waals surface area contributed by atoms with E-state index in [4.69, 9.17) is 27.9 Å². The maximum absolute atomic E-state index is 13.0. The topological polar surface area (TPSA) is 79.7 Å². The molecule has 1 saturated heterocycles. The lowest BCUT2D eigenvalue weighted by atomic mass is 9.96. The molecule has 3 heterocycles. The lowest BCUT2D eigenvalue weighted by Crippen LogP contribution is -2.28. The van der Waals surface area contributed by atoms with Crippen LogP contribution in [0.1, 0.15) is 22.0 Å². The largest absolute Gasteiger partial charge is 0.507 e. The molecule has 0 spiro atoms. The number of hydrogen-bond acceptors (Lipinski definition) is 6. The minimum atomic E-state index is -0.787. The molecule has 2 aromatic heterocycles. The molecule has 1 aliphatic heterocycles. The minimum absolute atomic E-state index is 0.0370. The van der Waals surface area contributed by atoms with E-state index in [1.165, 1.54) is 35.5 Å². The predicted octanol–water partition coefficient (Wildman–Crippen LogP) is 5.08. The van der Waals surface area contributed by atoms with Crippen molar-refractivity contribution >= 4 is 52.0 Å². The van der Waals surface area contributed by atoms with Crippen molar-refractivity contribution < 1.29 is 19.4 Å². The molecule has 9 heteroatoms. The van der Waals surface area contributed by atoms with E-state index in [1.54, 1.807) is 24.5 Å². The third-order valence-electron chi connectivity index (χ3n) is 4.94. The number of thiophene rings is 1. The van der Waals surface area contributed by atoms with E-state index >= 15 is 0 Å². The van der Waals surface area contributed by atoms with Crippen LogP contribution >= 0.6 is 34.5 Å². The van der Waals surface area contributed by atoms with Gasteiger partial charge in [-0.05, 0) is 41.3 Å². The number of ketones is 1. The second-order valence-corrected chi connectivity index (χ2v) is 8.61. The molecule has 1 atom stereocenters. The van der Waals surface area contributed by atoms with Crippen molar-refractivity contribution in [1.82, 2.24) is 9.88 Å². The van der Waals surface area contributed by atoms with Crippen LogP contribution in [0.15, 0.2) is 59.7 Å². The van der Waals surface area contributed by atoms with Gasteiger partial charge in [-0.2, -0.15) is 0 Å². The van der Waals surface area contributed by atoms with Gasteiger partial charge in [-0.15, -0.1) is 11.3 Å². The van der Waals surface area contributed by atoms with E-state index in [-0.39, 0.29) is 39.2 Å². The van der Waals surface area contributed by atoms with Crippen LogP contribution in [0, 0.1) is 0 Å². The number of methoxy groups -OCH3 is 1. The van der Waals surface area contributed by atoms with Crippen LogP contribution in [0.5, 0.6) is 5.75 Å². The fourth-order valence-corrected chi connectivity index (χ4v) is 4.90. The van der Waals surface area contributed by atoms with Gasteiger partial charge in [0.25, 0.3) is 11.7 Å². The second kappa shape index (κ2) is 8.70. The highest BCUT2D eigenvalue weighted by atomic mass is 35.5. The van der Waals surface area contributed by atoms with Crippen LogP contribution in [0.25, 0.3) is 5.76 Å². The first-order valence-electron chi connectivity index (χ1n) is 9.16. The highest BCUT2D eigenvalue weighted by molar-refractivity contribution is 7.09. The number of aliphatic hydroxyl groups is 1. The van der Waals surface area contributed by atoms with Crippen LogP contribution in [-0.4, -0.2) is 33.8 Å². The Hall–Kier alpha value is -2.87. The normalized spacial score (nSPS) is 17.9. The summed E-state index contributed by atoms with van der Waals surface area (Å²) in [5, 5.41) is 13.3. The van der Waals surface area contributed by atoms with Crippen molar-refractivity contribution in [3.05, 3.63) is 85.8 Å². The zero-order chi connectivity index (χ0) is 22.1. The highest BCUT2D eigenvalue weighted by Gasteiger charge is 2.46. The summed E-state index contributed by atoms with van der Waals surface area (Å²) >= 11 is 13.9. The molecule has 1 amide bonds. The van der Waals surface area contributed by atoms with Gasteiger partial charge in [0.1, 0.15) is 5.76 Å². The fourth-order valence-electron chi connectivity index (χ4n) is 3.55. The van der Waals surface area contributed by atoms with Crippen LogP contribution in [0.2, 0.25) is 10.0 Å². The number of aromatic nitrogens is 1. The first kappa shape index (κ1) is 21.4. The average Bonchev–Trinajstić information content (AvgIpc) is 3.36. The van der Waals surface area contributed by atoms with Crippen LogP contribution in [0.3, 0.4) is 0 Å². The minimum Gasteiger partial charge on any atom is -0.507 e. The summed E-state index contributed by atoms with van der Waals surface area (Å²) in [4.78, 5) is 32.3. The number of benzene rings is 1. The standard InChI is InChI=1S/C22H16Cl2N2O4S/c1-30-21-15(23)9-13(10-16(21)24)19(27)17-18(12-4-6-25-7-5-12)26(22(29)20(17)28)11-14-3-2-8-31-14/h2-10,18,27H,11H2,1H3/b19-17+. The number of likely N-dealkylation sites (tertiary alicyclic amines) is 1. The van der Waals surface area contributed by atoms with E-state index in [9.17, 15) is 14.7 Å². The zero-order valence-electron chi connectivity index (χ0n) is 16.2. The molecule has 1 aromatic carbocycles. The summed E-state index contributed by atoms with van der Waals surface area (Å²) in [6, 6.07) is 9.27. The Bertz CT molecular complexity index is 1160. The van der Waals surface area contributed by atoms with E-state index < -0.39 is 17.7 Å². The van der Waals surface area contributed by atoms with Crippen molar-refractivity contribution in [2.45, 2.75) is 12.6 Å². The van der Waals surface area contributed by atoms with Gasteiger partial charge < -0.3 is 14.7 Å². The number of carbonyl (C=O) groups excluding carboxylic acids is 2. The Morgan fingerprint density at radius 2 is 1.87 bits per heavy atom. The predicted molar refractivity (Wildman–Crippen MR) is 119 cm³/mol. The van der Waals surface area contributed by atoms with Crippen molar-refractivity contribution in [1.29, 1.82) is 0 Å². The summed E-state index contributed by atoms with van der Waals surface area (Å²) in [7, 11) is 1.42. The maximum atomic E-state index is 13.0. The lowest BCUT2D eigenvalue weighted by Gasteiger charge is -2.24. The summed E-state index contributed by atoms with van der Waals surface area (Å²) in [5.41, 5.74) is 0.826. The Kier molecular flexibility index (Phi) is 6.00. The van der Waals surface area contributed by atoms with Crippen LogP contribution in [0.4, 0.5) is 0 Å². The molecule has 0 radical (unpaired) electrons. The number of rotatable bonds is 5. The average molecular weight is 475 g/mol. The third kappa shape index (κ3) is 3.92. The van der Waals surface area contributed by atoms with E-state index in [1.807, 2.05) is 17.5 Å². The Morgan fingerprint density at radius 3 is 2.45 bits per heavy atom. The van der Waals surface area contributed by atoms with Gasteiger partial charge >= 0.3 is 0 Å². The fraction of sp³-hybridized carbons (Fsp3) is 0.136. The quantitative estimate of drug-likeness (QED) is 0.316. The summed E-state index contributed by atoms with van der Waals surface area (Å²) in [6.07, 6.45) is 3.14. The molecule has 3 aromatic rings. The van der Waals surface area contributed by atoms with Gasteiger partial charge in [-0.1, -0.05) is 29.3 Å². The van der Waals surface area contributed by atoms with E-state index in [0.29, 0.717) is 5.56 Å². The number of pyridine rings is 1. The zero-order valence-corrected chi connectivity index (χ0v) is 18.5. The summed E-state index contributed by atoms with van der Waals surface area (Å²) in [6.45, 7) is 0.232. The van der Waals surface area contributed by atoms with Crippen LogP contribution in [-0.2, 0) is 16.1 Å². The smallest absolute Gasteiger partial charge is 0.295 e. The Balaban J connectivity index is 1.88. The first-order chi connectivity index (χ1) is 14.9. The molecule has 1 fully saturated rings. The molecule has 0 aliphatic carbocycles. The van der Waals surface area contributed by atoms with Crippen molar-refractivity contribution in [3.8, 4) is 5.75 Å². The number of halogens is 2. The number of nitrogens with zero attached hydrogens (tertiary/aromatic N) is 2. The summed E-state index contributed by atoms with van der Waals surface area (Å²) < 4.78 is 5.14. The van der Waals surface area contributed by atoms with Gasteiger partial charge in [-0.25, -0.2) is 0 Å². The number of carbonyl (C=O) groups is 2. The van der Waals surface area contributed by atoms with Crippen molar-refractivity contribution in [2.24, 2.45) is 0 Å². The van der Waals surface area contributed by atoms with E-state index in [2.05, 4.69) is 4.98 Å². The van der Waals surface area contributed by atoms with Gasteiger partial charge in [0.2, 0.25) is 0 Å². The molecule has 1 unspecified atom stereocenters. The monoisotopic (exact) mass is 474 g/mol. The number of Topliss-reactive ketones (excluding diaryl/α,β-unsaturated/α-hetero) is 1. The number of ether oxygens (including phenoxy) is 1. The van der Waals surface area contributed by atoms with Crippen LogP contribution < -0.4 is 4.74 Å². The molecule has 31 heavy (non-hydrogen) atoms. The number of hydrogen-bond donors (Lipinski definition) is 1. The molecule has 6 nitrogen and oxygen atoms in total. The van der Waals surface area contributed by atoms with Crippen molar-refractivity contribution in [3.63, 3.8) is 0 Å². The van der Waals surface area contributed by atoms with Gasteiger partial charge in [0, 0.05) is 22.8 Å². The Morgan fingerprint density at radius 1 is 1.19 bits per heavy atom. The SMILES string of the molecule is COc1c(Cl)cc(/C(O)=C2\C(=O)C(=O)N(Cc3cccs3)C2c2ccncc2)cc1Cl. The molecule has 158 valence electrons. The molecular formula is C22H16Cl2N2O4S. The number of aliphatic hydroxyl groups excluding tert-OH is 1. The Labute approximate surface area is 192 Å². The van der Waals surface area contributed by atoms with Crippen molar-refractivity contribution in [2.75, 3.05) is 7.11 Å². The summed E-state index contributed by atoms with van der Waals surface area (Å²) in [5.74, 6) is -1.58. The third-order valence-corrected chi connectivity index (χ3v) is 6.37. The van der Waals surface area contributed by atoms with Gasteiger partial charge in [0.05, 0.1) is 35.3 Å². The second-order valence-electron chi connectivity index (χ2n) is 6.76. The van der Waals surface area contributed by atoms with E-state index in [0.717, 1.165) is 4.88 Å². The molecule has 0 saturated carbocycles. The van der Waals surface area contributed by atoms with Gasteiger partial charge in [-0.3, -0.25) is 14.6 Å². The molecular weight excluding hydrogens is 459 g/mol. The van der Waals surface area contributed by atoms with Gasteiger partial charge in [0.15, 0.2) is 5.75 Å². The molecule has 4 rings (SSSR count).